The molecule has 5 rings (SSSR count). The maximum absolute atomic E-state index is 14.1. The van der Waals surface area contributed by atoms with Crippen molar-refractivity contribution in [2.45, 2.75) is 79.1 Å². The van der Waals surface area contributed by atoms with Crippen molar-refractivity contribution in [3.8, 4) is 5.75 Å². The zero-order chi connectivity index (χ0) is 32.8. The van der Waals surface area contributed by atoms with E-state index in [9.17, 15) is 9.70 Å². The minimum Gasteiger partial charge on any atom is -0.497 e. The first kappa shape index (κ1) is 32.4. The van der Waals surface area contributed by atoms with Crippen LogP contribution in [0.25, 0.3) is 0 Å². The van der Waals surface area contributed by atoms with Gasteiger partial charge in [-0.25, -0.2) is 0 Å². The smallest absolute Gasteiger partial charge is 0.212 e. The summed E-state index contributed by atoms with van der Waals surface area (Å²) in [4.78, 5) is 28.3. The number of methoxy groups -OCH3 is 2. The molecule has 7 heteroatoms. The van der Waals surface area contributed by atoms with E-state index < -0.39 is 5.41 Å². The molecule has 0 bridgehead atoms. The number of anilines is 1. The second-order valence-electron chi connectivity index (χ2n) is 14.3. The summed E-state index contributed by atoms with van der Waals surface area (Å²) in [5.41, 5.74) is 6.95. The predicted octanol–water partition coefficient (Wildman–Crippen LogP) is 8.65. The van der Waals surface area contributed by atoms with Crippen molar-refractivity contribution in [3.63, 3.8) is 0 Å². The third-order valence-corrected chi connectivity index (χ3v) is 9.67. The summed E-state index contributed by atoms with van der Waals surface area (Å²) in [5, 5.41) is 3.37. The summed E-state index contributed by atoms with van der Waals surface area (Å²) in [6.07, 6.45) is 6.00. The lowest BCUT2D eigenvalue weighted by atomic mass is 9.77. The van der Waals surface area contributed by atoms with Gasteiger partial charge in [0.25, 0.3) is 0 Å². The number of rotatable bonds is 11. The Morgan fingerprint density at radius 3 is 2.27 bits per heavy atom. The fourth-order valence-corrected chi connectivity index (χ4v) is 7.01. The number of ketones is 1. The van der Waals surface area contributed by atoms with E-state index in [1.807, 2.05) is 30.4 Å². The lowest BCUT2D eigenvalue weighted by Gasteiger charge is -2.30. The van der Waals surface area contributed by atoms with Crippen LogP contribution in [-0.2, 0) is 20.4 Å². The molecule has 0 spiro atoms. The molecule has 7 nitrogen and oxygen atoms in total. The lowest BCUT2D eigenvalue weighted by Crippen LogP contribution is -2.33. The molecular weight excluding hydrogens is 562 g/mol. The SMILES string of the molecule is COC1=C(C=C2N(CCC(C)C)c3ccc(OC)cc3C2(C)C)C(=O)C1=CC1=[N+](CCC(C)C)c2cccc(N=O)c2C1(C)C. The van der Waals surface area contributed by atoms with Gasteiger partial charge >= 0.3 is 0 Å². The van der Waals surface area contributed by atoms with Gasteiger partial charge in [-0.15, -0.1) is 4.91 Å². The number of nitroso groups, excluding NO2 is 1. The van der Waals surface area contributed by atoms with E-state index in [0.717, 1.165) is 60.0 Å². The number of carbonyl (C=O) groups excluding carboxylic acids is 1. The molecule has 0 amide bonds. The molecule has 2 aliphatic heterocycles. The molecule has 2 aromatic carbocycles. The molecule has 3 aliphatic rings. The Balaban J connectivity index is 1.63. The van der Waals surface area contributed by atoms with Gasteiger partial charge in [0.05, 0.1) is 36.3 Å². The molecule has 0 N–H and O–H groups in total. The largest absolute Gasteiger partial charge is 0.497 e. The topological polar surface area (TPSA) is 71.2 Å². The zero-order valence-corrected chi connectivity index (χ0v) is 28.6. The average molecular weight is 611 g/mol. The van der Waals surface area contributed by atoms with E-state index in [0.29, 0.717) is 34.4 Å². The van der Waals surface area contributed by atoms with Crippen LogP contribution in [0, 0.1) is 16.7 Å². The monoisotopic (exact) mass is 610 g/mol. The fourth-order valence-electron chi connectivity index (χ4n) is 7.01. The summed E-state index contributed by atoms with van der Waals surface area (Å²) in [5.74, 6) is 2.41. The van der Waals surface area contributed by atoms with Crippen molar-refractivity contribution in [2.75, 3.05) is 32.2 Å². The van der Waals surface area contributed by atoms with Crippen LogP contribution in [0.15, 0.2) is 76.3 Å². The molecular formula is C38H48N3O4+. The molecule has 0 unspecified atom stereocenters. The van der Waals surface area contributed by atoms with Gasteiger partial charge in [-0.05, 0) is 73.2 Å². The average Bonchev–Trinajstić information content (AvgIpc) is 3.35. The highest BCUT2D eigenvalue weighted by Crippen LogP contribution is 2.51. The van der Waals surface area contributed by atoms with E-state index in [1.54, 1.807) is 20.3 Å². The van der Waals surface area contributed by atoms with E-state index in [1.165, 1.54) is 5.56 Å². The number of fused-ring (bicyclic) bond motifs is 2. The third kappa shape index (κ3) is 5.44. The molecule has 0 aromatic heterocycles. The van der Waals surface area contributed by atoms with E-state index in [4.69, 9.17) is 9.47 Å². The lowest BCUT2D eigenvalue weighted by molar-refractivity contribution is -0.439. The summed E-state index contributed by atoms with van der Waals surface area (Å²) in [6.45, 7) is 19.1. The van der Waals surface area contributed by atoms with Crippen molar-refractivity contribution >= 4 is 28.6 Å². The second kappa shape index (κ2) is 12.1. The van der Waals surface area contributed by atoms with Gasteiger partial charge in [-0.2, -0.15) is 4.58 Å². The van der Waals surface area contributed by atoms with Crippen molar-refractivity contribution in [3.05, 3.63) is 87.2 Å². The van der Waals surface area contributed by atoms with Gasteiger partial charge in [-0.3, -0.25) is 4.79 Å². The third-order valence-electron chi connectivity index (χ3n) is 9.67. The highest BCUT2D eigenvalue weighted by molar-refractivity contribution is 6.24. The highest BCUT2D eigenvalue weighted by atomic mass is 16.5. The molecule has 0 radical (unpaired) electrons. The summed E-state index contributed by atoms with van der Waals surface area (Å²) in [7, 11) is 3.32. The van der Waals surface area contributed by atoms with Crippen LogP contribution in [0.3, 0.4) is 0 Å². The Hall–Kier alpha value is -4.00. The first-order valence-electron chi connectivity index (χ1n) is 16.1. The highest BCUT2D eigenvalue weighted by Gasteiger charge is 2.49. The normalized spacial score (nSPS) is 20.0. The molecule has 2 aromatic rings. The molecule has 1 aliphatic carbocycles. The number of benzene rings is 2. The van der Waals surface area contributed by atoms with Gasteiger partial charge in [0, 0.05) is 41.9 Å². The molecule has 0 saturated heterocycles. The molecule has 238 valence electrons. The summed E-state index contributed by atoms with van der Waals surface area (Å²) >= 11 is 0. The van der Waals surface area contributed by atoms with Crippen LogP contribution in [0.5, 0.6) is 5.75 Å². The van der Waals surface area contributed by atoms with Gasteiger partial charge in [-0.1, -0.05) is 47.6 Å². The number of hydrogen-bond acceptors (Lipinski definition) is 6. The Morgan fingerprint density at radius 2 is 1.64 bits per heavy atom. The van der Waals surface area contributed by atoms with Crippen molar-refractivity contribution in [1.82, 2.24) is 0 Å². The Kier molecular flexibility index (Phi) is 8.69. The molecule has 0 saturated carbocycles. The van der Waals surface area contributed by atoms with Gasteiger partial charge in [0.15, 0.2) is 5.71 Å². The Bertz CT molecular complexity index is 1670. The van der Waals surface area contributed by atoms with E-state index in [-0.39, 0.29) is 11.2 Å². The minimum absolute atomic E-state index is 0.0377. The number of Topliss-reactive ketones (excluding diaryl/α,β-unsaturated/α-hetero) is 1. The molecule has 0 atom stereocenters. The van der Waals surface area contributed by atoms with E-state index >= 15 is 0 Å². The summed E-state index contributed by atoms with van der Waals surface area (Å²) < 4.78 is 13.8. The number of ether oxygens (including phenoxy) is 2. The quantitative estimate of drug-likeness (QED) is 0.145. The van der Waals surface area contributed by atoms with Crippen LogP contribution >= 0.6 is 0 Å². The van der Waals surface area contributed by atoms with Crippen LogP contribution in [-0.4, -0.2) is 43.4 Å². The first-order valence-corrected chi connectivity index (χ1v) is 16.1. The van der Waals surface area contributed by atoms with Crippen LogP contribution in [0.2, 0.25) is 0 Å². The van der Waals surface area contributed by atoms with Crippen LogP contribution < -0.4 is 9.64 Å². The van der Waals surface area contributed by atoms with Gasteiger partial charge in [0.1, 0.15) is 23.7 Å². The van der Waals surface area contributed by atoms with Crippen molar-refractivity contribution < 1.29 is 18.8 Å². The maximum atomic E-state index is 14.1. The standard InChI is InChI=1S/C38H48N3O4/c1-23(2)16-18-40-30-15-14-25(44-9)20-28(30)37(5,6)32(40)21-26-35(42)27(36(26)45-10)22-33-38(7,8)34-29(39-43)12-11-13-31(34)41(33)19-17-24(3)4/h11-15,20-24H,16-19H2,1-10H3/q+1. The molecule has 45 heavy (non-hydrogen) atoms. The second-order valence-corrected chi connectivity index (χ2v) is 14.3. The van der Waals surface area contributed by atoms with Crippen LogP contribution in [0.4, 0.5) is 17.1 Å². The Morgan fingerprint density at radius 1 is 0.933 bits per heavy atom. The minimum atomic E-state index is -0.529. The number of hydrogen-bond donors (Lipinski definition) is 0. The van der Waals surface area contributed by atoms with Crippen LogP contribution in [0.1, 0.15) is 79.4 Å². The first-order chi connectivity index (χ1) is 21.3. The molecule has 0 fully saturated rings. The van der Waals surface area contributed by atoms with Gasteiger partial charge < -0.3 is 14.4 Å². The number of nitrogens with zero attached hydrogens (tertiary/aromatic N) is 3. The maximum Gasteiger partial charge on any atom is 0.212 e. The zero-order valence-electron chi connectivity index (χ0n) is 28.6. The fraction of sp³-hybridized carbons (Fsp3) is 0.474. The number of allylic oxidation sites excluding steroid dienone is 5. The summed E-state index contributed by atoms with van der Waals surface area (Å²) in [6, 6.07) is 11.9. The Labute approximate surface area is 268 Å². The van der Waals surface area contributed by atoms with Crippen molar-refractivity contribution in [2.24, 2.45) is 17.0 Å². The number of carbonyl (C=O) groups is 1. The predicted molar refractivity (Wildman–Crippen MR) is 182 cm³/mol. The van der Waals surface area contributed by atoms with Crippen molar-refractivity contribution in [1.29, 1.82) is 0 Å². The van der Waals surface area contributed by atoms with E-state index in [2.05, 4.69) is 82.2 Å². The molecule has 2 heterocycles. The van der Waals surface area contributed by atoms with Gasteiger partial charge in [0.2, 0.25) is 11.5 Å².